The molecule has 0 spiro atoms. The highest BCUT2D eigenvalue weighted by atomic mass is 35.5. The smallest absolute Gasteiger partial charge is 0.326 e. The van der Waals surface area contributed by atoms with Crippen molar-refractivity contribution in [2.45, 2.75) is 12.5 Å². The van der Waals surface area contributed by atoms with Crippen molar-refractivity contribution in [2.24, 2.45) is 0 Å². The van der Waals surface area contributed by atoms with Gasteiger partial charge in [0.2, 0.25) is 6.41 Å². The van der Waals surface area contributed by atoms with Crippen molar-refractivity contribution < 1.29 is 14.7 Å². The summed E-state index contributed by atoms with van der Waals surface area (Å²) in [4.78, 5) is 25.7. The van der Waals surface area contributed by atoms with Crippen LogP contribution in [0.1, 0.15) is 5.56 Å². The molecule has 0 radical (unpaired) electrons. The average molecular weight is 279 g/mol. The Bertz CT molecular complexity index is 630. The van der Waals surface area contributed by atoms with E-state index in [1.165, 1.54) is 0 Å². The number of carbonyl (C=O) groups excluding carboxylic acids is 1. The molecule has 0 aliphatic carbocycles. The van der Waals surface area contributed by atoms with Gasteiger partial charge in [0, 0.05) is 23.0 Å². The quantitative estimate of drug-likeness (QED) is 0.815. The Labute approximate surface area is 114 Å². The summed E-state index contributed by atoms with van der Waals surface area (Å²) < 4.78 is 0. The van der Waals surface area contributed by atoms with Gasteiger partial charge in [0.05, 0.1) is 5.52 Å². The lowest BCUT2D eigenvalue weighted by Gasteiger charge is -2.13. The molecule has 0 aliphatic heterocycles. The van der Waals surface area contributed by atoms with Crippen LogP contribution < -0.4 is 5.32 Å². The minimum absolute atomic E-state index is 0.152. The molecule has 0 fully saturated rings. The molecule has 5 nitrogen and oxygen atoms in total. The number of nitrogens with zero attached hydrogens (tertiary/aromatic N) is 1. The second-order valence-corrected chi connectivity index (χ2v) is 4.39. The van der Waals surface area contributed by atoms with Crippen LogP contribution >= 0.6 is 11.6 Å². The number of hydrogen-bond acceptors (Lipinski definition) is 3. The van der Waals surface area contributed by atoms with Crippen LogP contribution in [0.4, 0.5) is 0 Å². The molecule has 0 saturated heterocycles. The van der Waals surface area contributed by atoms with Crippen molar-refractivity contribution in [1.29, 1.82) is 0 Å². The third-order valence-corrected chi connectivity index (χ3v) is 3.12. The Morgan fingerprint density at radius 3 is 2.95 bits per heavy atom. The molecule has 1 amide bonds. The van der Waals surface area contributed by atoms with E-state index in [-0.39, 0.29) is 6.42 Å². The van der Waals surface area contributed by atoms with Gasteiger partial charge in [-0.25, -0.2) is 4.79 Å². The first kappa shape index (κ1) is 13.3. The zero-order valence-electron chi connectivity index (χ0n) is 9.84. The van der Waals surface area contributed by atoms with Gasteiger partial charge in [-0.1, -0.05) is 17.7 Å². The number of fused-ring (bicyclic) bond motifs is 1. The minimum atomic E-state index is -1.09. The zero-order valence-corrected chi connectivity index (χ0v) is 10.6. The molecule has 19 heavy (non-hydrogen) atoms. The Morgan fingerprint density at radius 1 is 1.47 bits per heavy atom. The van der Waals surface area contributed by atoms with Crippen LogP contribution in [0.25, 0.3) is 10.9 Å². The lowest BCUT2D eigenvalue weighted by Crippen LogP contribution is -2.37. The van der Waals surface area contributed by atoms with E-state index in [1.807, 2.05) is 6.07 Å². The highest BCUT2D eigenvalue weighted by molar-refractivity contribution is 6.35. The van der Waals surface area contributed by atoms with E-state index in [0.29, 0.717) is 16.9 Å². The Kier molecular flexibility index (Phi) is 3.97. The van der Waals surface area contributed by atoms with Gasteiger partial charge in [0.1, 0.15) is 6.04 Å². The fourth-order valence-corrected chi connectivity index (χ4v) is 2.10. The number of carbonyl (C=O) groups is 2. The summed E-state index contributed by atoms with van der Waals surface area (Å²) in [5.41, 5.74) is 1.37. The average Bonchev–Trinajstić information content (AvgIpc) is 2.41. The number of pyridine rings is 1. The minimum Gasteiger partial charge on any atom is -0.480 e. The summed E-state index contributed by atoms with van der Waals surface area (Å²) >= 11 is 6.06. The van der Waals surface area contributed by atoms with Crippen molar-refractivity contribution >= 4 is 34.9 Å². The van der Waals surface area contributed by atoms with Crippen LogP contribution in [0, 0.1) is 0 Å². The molecule has 2 rings (SSSR count). The number of aromatic nitrogens is 1. The molecule has 98 valence electrons. The third kappa shape index (κ3) is 2.82. The highest BCUT2D eigenvalue weighted by Gasteiger charge is 2.18. The van der Waals surface area contributed by atoms with Crippen molar-refractivity contribution in [1.82, 2.24) is 10.3 Å². The van der Waals surface area contributed by atoms with Crippen LogP contribution in [0.15, 0.2) is 30.5 Å². The lowest BCUT2D eigenvalue weighted by molar-refractivity contribution is -0.140. The number of benzene rings is 1. The molecule has 0 bridgehead atoms. The van der Waals surface area contributed by atoms with E-state index in [0.717, 1.165) is 10.9 Å². The first-order chi connectivity index (χ1) is 9.13. The molecule has 1 unspecified atom stereocenters. The molecule has 1 heterocycles. The van der Waals surface area contributed by atoms with Crippen LogP contribution in [-0.4, -0.2) is 28.5 Å². The molecule has 1 aromatic heterocycles. The van der Waals surface area contributed by atoms with Crippen LogP contribution in [0.2, 0.25) is 5.02 Å². The zero-order chi connectivity index (χ0) is 13.8. The fourth-order valence-electron chi connectivity index (χ4n) is 1.88. The molecular formula is C13H11ClN2O3. The van der Waals surface area contributed by atoms with Gasteiger partial charge < -0.3 is 10.4 Å². The number of halogens is 1. The molecular weight excluding hydrogens is 268 g/mol. The predicted octanol–water partition coefficient (Wildman–Crippen LogP) is 1.63. The van der Waals surface area contributed by atoms with E-state index >= 15 is 0 Å². The van der Waals surface area contributed by atoms with E-state index in [4.69, 9.17) is 16.7 Å². The molecule has 1 atom stereocenters. The predicted molar refractivity (Wildman–Crippen MR) is 71.1 cm³/mol. The summed E-state index contributed by atoms with van der Waals surface area (Å²) in [6.07, 6.45) is 2.15. The third-order valence-electron chi connectivity index (χ3n) is 2.79. The summed E-state index contributed by atoms with van der Waals surface area (Å²) in [6.45, 7) is 0. The van der Waals surface area contributed by atoms with Crippen molar-refractivity contribution in [3.63, 3.8) is 0 Å². The number of amides is 1. The Hall–Kier alpha value is -2.14. The number of carboxylic acid groups (broad SMARTS) is 1. The van der Waals surface area contributed by atoms with Gasteiger partial charge in [0.15, 0.2) is 0 Å². The van der Waals surface area contributed by atoms with Crippen LogP contribution in [0.3, 0.4) is 0 Å². The van der Waals surface area contributed by atoms with E-state index < -0.39 is 12.0 Å². The topological polar surface area (TPSA) is 79.3 Å². The van der Waals surface area contributed by atoms with Crippen molar-refractivity contribution in [3.8, 4) is 0 Å². The van der Waals surface area contributed by atoms with Crippen molar-refractivity contribution in [2.75, 3.05) is 0 Å². The van der Waals surface area contributed by atoms with Gasteiger partial charge in [-0.05, 0) is 23.8 Å². The van der Waals surface area contributed by atoms with Gasteiger partial charge in [-0.15, -0.1) is 0 Å². The monoisotopic (exact) mass is 278 g/mol. The van der Waals surface area contributed by atoms with E-state index in [1.54, 1.807) is 24.4 Å². The lowest BCUT2D eigenvalue weighted by atomic mass is 10.0. The second-order valence-electron chi connectivity index (χ2n) is 3.99. The van der Waals surface area contributed by atoms with Crippen LogP contribution in [0.5, 0.6) is 0 Å². The maximum atomic E-state index is 11.0. The van der Waals surface area contributed by atoms with Crippen molar-refractivity contribution in [3.05, 3.63) is 41.0 Å². The second kappa shape index (κ2) is 5.67. The SMILES string of the molecule is O=CNC(Cc1ccc(Cl)c2cccnc12)C(=O)O. The van der Waals surface area contributed by atoms with Gasteiger partial charge >= 0.3 is 5.97 Å². The molecule has 0 saturated carbocycles. The van der Waals surface area contributed by atoms with E-state index in [9.17, 15) is 9.59 Å². The summed E-state index contributed by atoms with van der Waals surface area (Å²) in [7, 11) is 0. The first-order valence-corrected chi connectivity index (χ1v) is 5.96. The Morgan fingerprint density at radius 2 is 2.26 bits per heavy atom. The first-order valence-electron chi connectivity index (χ1n) is 5.58. The van der Waals surface area contributed by atoms with E-state index in [2.05, 4.69) is 10.3 Å². The molecule has 1 aromatic carbocycles. The maximum absolute atomic E-state index is 11.0. The molecule has 2 aromatic rings. The standard InChI is InChI=1S/C13H11ClN2O3/c14-10-4-3-8(6-11(13(18)19)16-7-17)12-9(10)2-1-5-15-12/h1-5,7,11H,6H2,(H,16,17)(H,18,19). The highest BCUT2D eigenvalue weighted by Crippen LogP contribution is 2.25. The molecule has 0 aliphatic rings. The largest absolute Gasteiger partial charge is 0.480 e. The summed E-state index contributed by atoms with van der Waals surface area (Å²) in [5.74, 6) is -1.09. The van der Waals surface area contributed by atoms with Crippen LogP contribution in [-0.2, 0) is 16.0 Å². The molecule has 2 N–H and O–H groups in total. The molecule has 6 heteroatoms. The van der Waals surface area contributed by atoms with Gasteiger partial charge in [-0.3, -0.25) is 9.78 Å². The number of nitrogens with one attached hydrogen (secondary N) is 1. The van der Waals surface area contributed by atoms with Gasteiger partial charge in [-0.2, -0.15) is 0 Å². The maximum Gasteiger partial charge on any atom is 0.326 e. The number of aliphatic carboxylic acids is 1. The number of rotatable bonds is 5. The number of hydrogen-bond donors (Lipinski definition) is 2. The summed E-state index contributed by atoms with van der Waals surface area (Å²) in [5, 5.41) is 12.6. The van der Waals surface area contributed by atoms with Gasteiger partial charge in [0.25, 0.3) is 0 Å². The normalized spacial score (nSPS) is 12.1. The fraction of sp³-hybridized carbons (Fsp3) is 0.154. The summed E-state index contributed by atoms with van der Waals surface area (Å²) in [6, 6.07) is 6.01. The Balaban J connectivity index is 2.42. The number of carboxylic acids is 1.